The number of nitrogen functional groups attached to an aromatic ring is 1. The van der Waals surface area contributed by atoms with Crippen molar-refractivity contribution >= 4 is 5.69 Å². The van der Waals surface area contributed by atoms with Crippen molar-refractivity contribution < 1.29 is 0 Å². The maximum atomic E-state index is 6.19. The van der Waals surface area contributed by atoms with E-state index in [0.717, 1.165) is 12.2 Å². The molecule has 0 spiro atoms. The first-order valence-electron chi connectivity index (χ1n) is 8.29. The van der Waals surface area contributed by atoms with E-state index in [1.807, 2.05) is 0 Å². The first kappa shape index (κ1) is 16.4. The van der Waals surface area contributed by atoms with Crippen molar-refractivity contribution in [3.8, 4) is 0 Å². The zero-order valence-electron chi connectivity index (χ0n) is 14.4. The number of piperidine rings is 1. The van der Waals surface area contributed by atoms with Gasteiger partial charge in [-0.1, -0.05) is 33.8 Å². The van der Waals surface area contributed by atoms with Crippen molar-refractivity contribution in [2.75, 3.05) is 25.4 Å². The Morgan fingerprint density at radius 1 is 1.24 bits per heavy atom. The highest BCUT2D eigenvalue weighted by Gasteiger charge is 2.23. The van der Waals surface area contributed by atoms with E-state index in [2.05, 4.69) is 51.7 Å². The lowest BCUT2D eigenvalue weighted by atomic mass is 9.84. The number of hydrogen-bond donors (Lipinski definition) is 1. The Balaban J connectivity index is 2.11. The maximum Gasteiger partial charge on any atom is 0.0352 e. The molecule has 0 aromatic heterocycles. The van der Waals surface area contributed by atoms with Crippen molar-refractivity contribution in [1.82, 2.24) is 4.90 Å². The van der Waals surface area contributed by atoms with Crippen LogP contribution in [0, 0.1) is 12.8 Å². The van der Waals surface area contributed by atoms with Crippen molar-refractivity contribution in [2.24, 2.45) is 0 Å². The van der Waals surface area contributed by atoms with Gasteiger partial charge in [-0.25, -0.2) is 0 Å². The van der Waals surface area contributed by atoms with E-state index in [1.54, 1.807) is 0 Å². The van der Waals surface area contributed by atoms with E-state index < -0.39 is 0 Å². The molecule has 0 amide bonds. The molecule has 1 aromatic carbocycles. The second-order valence-corrected chi connectivity index (χ2v) is 7.25. The summed E-state index contributed by atoms with van der Waals surface area (Å²) >= 11 is 0. The molecule has 2 nitrogen and oxygen atoms in total. The van der Waals surface area contributed by atoms with Crippen LogP contribution in [0.15, 0.2) is 12.1 Å². The van der Waals surface area contributed by atoms with E-state index >= 15 is 0 Å². The molecule has 2 N–H and O–H groups in total. The van der Waals surface area contributed by atoms with E-state index in [0.29, 0.717) is 11.8 Å². The van der Waals surface area contributed by atoms with Gasteiger partial charge in [0.2, 0.25) is 0 Å². The SMILES string of the molecule is C[C](C)CN1CCC(c2cc(C(C)C)c(N)cc2C)CC1. The number of rotatable bonds is 4. The molecule has 1 fully saturated rings. The van der Waals surface area contributed by atoms with E-state index in [4.69, 9.17) is 5.73 Å². The number of aryl methyl sites for hydroxylation is 1. The molecular formula is C19H31N2. The minimum Gasteiger partial charge on any atom is -0.398 e. The number of nitrogens with two attached hydrogens (primary N) is 1. The Morgan fingerprint density at radius 2 is 1.86 bits per heavy atom. The fraction of sp³-hybridized carbons (Fsp3) is 0.632. The summed E-state index contributed by atoms with van der Waals surface area (Å²) < 4.78 is 0. The van der Waals surface area contributed by atoms with E-state index in [9.17, 15) is 0 Å². The van der Waals surface area contributed by atoms with Crippen LogP contribution in [0.1, 0.15) is 69.1 Å². The van der Waals surface area contributed by atoms with Gasteiger partial charge in [-0.15, -0.1) is 0 Å². The summed E-state index contributed by atoms with van der Waals surface area (Å²) in [5.74, 6) is 2.72. The molecule has 2 heteroatoms. The zero-order chi connectivity index (χ0) is 15.6. The maximum absolute atomic E-state index is 6.19. The highest BCUT2D eigenvalue weighted by Crippen LogP contribution is 2.34. The van der Waals surface area contributed by atoms with Crippen molar-refractivity contribution in [2.45, 2.75) is 59.3 Å². The van der Waals surface area contributed by atoms with Crippen molar-refractivity contribution in [3.63, 3.8) is 0 Å². The highest BCUT2D eigenvalue weighted by molar-refractivity contribution is 5.54. The van der Waals surface area contributed by atoms with Crippen LogP contribution >= 0.6 is 0 Å². The smallest absolute Gasteiger partial charge is 0.0352 e. The third-order valence-electron chi connectivity index (χ3n) is 4.66. The van der Waals surface area contributed by atoms with Gasteiger partial charge in [-0.05, 0) is 73.4 Å². The van der Waals surface area contributed by atoms with Gasteiger partial charge in [-0.2, -0.15) is 0 Å². The summed E-state index contributed by atoms with van der Waals surface area (Å²) in [6.45, 7) is 14.7. The van der Waals surface area contributed by atoms with Crippen LogP contribution in [-0.2, 0) is 0 Å². The minimum absolute atomic E-state index is 0.502. The number of anilines is 1. The molecule has 0 bridgehead atoms. The van der Waals surface area contributed by atoms with Gasteiger partial charge in [0.15, 0.2) is 0 Å². The summed E-state index contributed by atoms with van der Waals surface area (Å²) in [5, 5.41) is 0. The van der Waals surface area contributed by atoms with Crippen molar-refractivity contribution in [3.05, 3.63) is 34.7 Å². The molecule has 1 aliphatic heterocycles. The van der Waals surface area contributed by atoms with Gasteiger partial charge in [-0.3, -0.25) is 0 Å². The molecule has 1 aliphatic rings. The summed E-state index contributed by atoms with van der Waals surface area (Å²) in [6.07, 6.45) is 2.55. The molecule has 21 heavy (non-hydrogen) atoms. The molecule has 0 aliphatic carbocycles. The first-order chi connectivity index (χ1) is 9.88. The molecule has 117 valence electrons. The molecule has 2 rings (SSSR count). The molecule has 1 saturated heterocycles. The molecule has 1 radical (unpaired) electrons. The van der Waals surface area contributed by atoms with Crippen molar-refractivity contribution in [1.29, 1.82) is 0 Å². The third-order valence-corrected chi connectivity index (χ3v) is 4.66. The summed E-state index contributed by atoms with van der Waals surface area (Å²) in [5.41, 5.74) is 11.4. The van der Waals surface area contributed by atoms with Crippen LogP contribution in [0.5, 0.6) is 0 Å². The van der Waals surface area contributed by atoms with E-state index in [1.165, 1.54) is 48.5 Å². The molecule has 0 saturated carbocycles. The van der Waals surface area contributed by atoms with Crippen LogP contribution in [0.2, 0.25) is 0 Å². The summed E-state index contributed by atoms with van der Waals surface area (Å²) in [7, 11) is 0. The lowest BCUT2D eigenvalue weighted by molar-refractivity contribution is 0.219. The Hall–Kier alpha value is -1.02. The van der Waals surface area contributed by atoms with Gasteiger partial charge < -0.3 is 10.6 Å². The predicted molar refractivity (Wildman–Crippen MR) is 92.7 cm³/mol. The average molecular weight is 287 g/mol. The van der Waals surface area contributed by atoms with Gasteiger partial charge in [0.1, 0.15) is 0 Å². The van der Waals surface area contributed by atoms with Gasteiger partial charge >= 0.3 is 0 Å². The Kier molecular flexibility index (Phi) is 5.32. The second-order valence-electron chi connectivity index (χ2n) is 7.25. The lowest BCUT2D eigenvalue weighted by Crippen LogP contribution is -2.35. The van der Waals surface area contributed by atoms with Gasteiger partial charge in [0.25, 0.3) is 0 Å². The quantitative estimate of drug-likeness (QED) is 0.826. The minimum atomic E-state index is 0.502. The van der Waals surface area contributed by atoms with Crippen LogP contribution in [0.25, 0.3) is 0 Å². The topological polar surface area (TPSA) is 29.3 Å². The fourth-order valence-electron chi connectivity index (χ4n) is 3.55. The standard InChI is InChI=1S/C19H31N2/c1-13(2)12-21-8-6-16(7-9-21)18-11-17(14(3)4)19(20)10-15(18)5/h10-11,14,16H,6-9,12,20H2,1-5H3. The zero-order valence-corrected chi connectivity index (χ0v) is 14.4. The lowest BCUT2D eigenvalue weighted by Gasteiger charge is -2.34. The van der Waals surface area contributed by atoms with Crippen LogP contribution < -0.4 is 5.73 Å². The summed E-state index contributed by atoms with van der Waals surface area (Å²) in [4.78, 5) is 2.59. The second kappa shape index (κ2) is 6.83. The number of hydrogen-bond acceptors (Lipinski definition) is 2. The fourth-order valence-corrected chi connectivity index (χ4v) is 3.55. The van der Waals surface area contributed by atoms with Crippen LogP contribution in [0.3, 0.4) is 0 Å². The average Bonchev–Trinajstić information content (AvgIpc) is 2.39. The number of likely N-dealkylation sites (tertiary alicyclic amines) is 1. The van der Waals surface area contributed by atoms with Crippen LogP contribution in [0.4, 0.5) is 5.69 Å². The largest absolute Gasteiger partial charge is 0.398 e. The Morgan fingerprint density at radius 3 is 2.38 bits per heavy atom. The first-order valence-corrected chi connectivity index (χ1v) is 8.29. The van der Waals surface area contributed by atoms with Gasteiger partial charge in [0, 0.05) is 12.2 Å². The molecule has 1 aromatic rings. The van der Waals surface area contributed by atoms with Gasteiger partial charge in [0.05, 0.1) is 0 Å². The monoisotopic (exact) mass is 287 g/mol. The molecule has 0 unspecified atom stereocenters. The number of benzene rings is 1. The van der Waals surface area contributed by atoms with E-state index in [-0.39, 0.29) is 0 Å². The molecule has 0 atom stereocenters. The predicted octanol–water partition coefficient (Wildman–Crippen LogP) is 4.49. The molecule has 1 heterocycles. The highest BCUT2D eigenvalue weighted by atomic mass is 15.1. The Bertz CT molecular complexity index is 469. The molecular weight excluding hydrogens is 256 g/mol. The Labute approximate surface area is 130 Å². The third kappa shape index (κ3) is 4.00. The van der Waals surface area contributed by atoms with Crippen LogP contribution in [-0.4, -0.2) is 24.5 Å². The summed E-state index contributed by atoms with van der Waals surface area (Å²) in [6, 6.07) is 4.56. The normalized spacial score (nSPS) is 17.9. The number of nitrogens with zero attached hydrogens (tertiary/aromatic N) is 1.